The van der Waals surface area contributed by atoms with Gasteiger partial charge in [-0.3, -0.25) is 9.52 Å². The Morgan fingerprint density at radius 1 is 1.21 bits per heavy atom. The number of nitrogens with one attached hydrogen (secondary N) is 2. The fraction of sp³-hybridized carbons (Fsp3) is 0.133. The Kier molecular flexibility index (Phi) is 3.94. The summed E-state index contributed by atoms with van der Waals surface area (Å²) in [5.41, 5.74) is 1.91. The van der Waals surface area contributed by atoms with Crippen LogP contribution < -0.4 is 10.0 Å². The Bertz CT molecular complexity index is 1030. The third-order valence-corrected chi connectivity index (χ3v) is 3.83. The lowest BCUT2D eigenvalue weighted by Gasteiger charge is -2.11. The van der Waals surface area contributed by atoms with Crippen LogP contribution in [0.3, 0.4) is 0 Å². The zero-order valence-corrected chi connectivity index (χ0v) is 13.7. The summed E-state index contributed by atoms with van der Waals surface area (Å²) in [5, 5.41) is 7.10. The van der Waals surface area contributed by atoms with Crippen molar-refractivity contribution in [2.24, 2.45) is 0 Å². The molecule has 0 radical (unpaired) electrons. The standard InChI is InChI=1S/C15H14N4O4S/c1-9-11-7-10(8-16-15(11)23-18-9)14(20)17-12-5-3-4-6-13(12)19-24(2,21)22/h3-8,19H,1-2H3,(H,17,20). The molecule has 0 aliphatic rings. The Morgan fingerprint density at radius 2 is 1.92 bits per heavy atom. The first-order chi connectivity index (χ1) is 11.3. The molecule has 0 aliphatic carbocycles. The summed E-state index contributed by atoms with van der Waals surface area (Å²) < 4.78 is 30.2. The Balaban J connectivity index is 1.90. The predicted molar refractivity (Wildman–Crippen MR) is 89.4 cm³/mol. The topological polar surface area (TPSA) is 114 Å². The van der Waals surface area contributed by atoms with E-state index in [2.05, 4.69) is 20.2 Å². The van der Waals surface area contributed by atoms with Crippen molar-refractivity contribution in [2.45, 2.75) is 6.92 Å². The third-order valence-electron chi connectivity index (χ3n) is 3.24. The summed E-state index contributed by atoms with van der Waals surface area (Å²) in [6, 6.07) is 8.13. The van der Waals surface area contributed by atoms with Crippen LogP contribution in [-0.4, -0.2) is 30.7 Å². The van der Waals surface area contributed by atoms with Gasteiger partial charge in [-0.1, -0.05) is 17.3 Å². The minimum atomic E-state index is -3.46. The zero-order chi connectivity index (χ0) is 17.3. The molecule has 2 heterocycles. The molecule has 0 unspecified atom stereocenters. The Morgan fingerprint density at radius 3 is 2.62 bits per heavy atom. The van der Waals surface area contributed by atoms with Crippen LogP contribution in [0.4, 0.5) is 11.4 Å². The summed E-state index contributed by atoms with van der Waals surface area (Å²) in [5.74, 6) is -0.423. The van der Waals surface area contributed by atoms with Crippen LogP contribution in [0.2, 0.25) is 0 Å². The molecule has 3 aromatic rings. The number of carbonyl (C=O) groups excluding carboxylic acids is 1. The first-order valence-corrected chi connectivity index (χ1v) is 8.83. The molecular weight excluding hydrogens is 332 g/mol. The number of anilines is 2. The molecule has 2 aromatic heterocycles. The van der Waals surface area contributed by atoms with Crippen molar-refractivity contribution in [1.82, 2.24) is 10.1 Å². The van der Waals surface area contributed by atoms with Gasteiger partial charge in [0.05, 0.1) is 34.3 Å². The van der Waals surface area contributed by atoms with E-state index in [9.17, 15) is 13.2 Å². The summed E-state index contributed by atoms with van der Waals surface area (Å²) in [6.45, 7) is 1.75. The third kappa shape index (κ3) is 3.35. The molecule has 0 saturated heterocycles. The van der Waals surface area contributed by atoms with Crippen LogP contribution in [0.1, 0.15) is 16.1 Å². The molecule has 1 amide bonds. The van der Waals surface area contributed by atoms with E-state index in [1.165, 1.54) is 6.20 Å². The highest BCUT2D eigenvalue weighted by Crippen LogP contribution is 2.23. The smallest absolute Gasteiger partial charge is 0.257 e. The van der Waals surface area contributed by atoms with Crippen molar-refractivity contribution in [3.8, 4) is 0 Å². The number of benzene rings is 1. The highest BCUT2D eigenvalue weighted by atomic mass is 32.2. The molecule has 9 heteroatoms. The molecule has 0 bridgehead atoms. The molecule has 0 atom stereocenters. The lowest BCUT2D eigenvalue weighted by molar-refractivity contribution is 0.102. The highest BCUT2D eigenvalue weighted by molar-refractivity contribution is 7.92. The fourth-order valence-electron chi connectivity index (χ4n) is 2.14. The number of hydrogen-bond donors (Lipinski definition) is 2. The molecule has 0 spiro atoms. The van der Waals surface area contributed by atoms with Gasteiger partial charge < -0.3 is 9.84 Å². The van der Waals surface area contributed by atoms with Crippen LogP contribution in [0, 0.1) is 6.92 Å². The maximum Gasteiger partial charge on any atom is 0.257 e. The number of hydrogen-bond acceptors (Lipinski definition) is 6. The summed E-state index contributed by atoms with van der Waals surface area (Å²) in [7, 11) is -3.46. The van der Waals surface area contributed by atoms with Gasteiger partial charge in [0, 0.05) is 6.20 Å². The van der Waals surface area contributed by atoms with Gasteiger partial charge in [0.15, 0.2) is 0 Å². The van der Waals surface area contributed by atoms with Gasteiger partial charge in [-0.2, -0.15) is 0 Å². The fourth-order valence-corrected chi connectivity index (χ4v) is 2.72. The number of nitrogens with zero attached hydrogens (tertiary/aromatic N) is 2. The lowest BCUT2D eigenvalue weighted by Crippen LogP contribution is -2.16. The van der Waals surface area contributed by atoms with Crippen molar-refractivity contribution in [3.63, 3.8) is 0 Å². The van der Waals surface area contributed by atoms with Crippen molar-refractivity contribution in [1.29, 1.82) is 0 Å². The van der Waals surface area contributed by atoms with Gasteiger partial charge in [-0.15, -0.1) is 0 Å². The van der Waals surface area contributed by atoms with Crippen molar-refractivity contribution >= 4 is 38.4 Å². The van der Waals surface area contributed by atoms with Crippen molar-refractivity contribution < 1.29 is 17.7 Å². The predicted octanol–water partition coefficient (Wildman–Crippen LogP) is 2.16. The number of carbonyl (C=O) groups is 1. The van der Waals surface area contributed by atoms with Crippen molar-refractivity contribution in [3.05, 3.63) is 47.8 Å². The van der Waals surface area contributed by atoms with E-state index in [4.69, 9.17) is 4.52 Å². The second-order valence-corrected chi connectivity index (χ2v) is 6.97. The van der Waals surface area contributed by atoms with Crippen LogP contribution in [-0.2, 0) is 10.0 Å². The largest absolute Gasteiger partial charge is 0.336 e. The van der Waals surface area contributed by atoms with Crippen LogP contribution >= 0.6 is 0 Å². The summed E-state index contributed by atoms with van der Waals surface area (Å²) in [4.78, 5) is 16.5. The molecule has 8 nitrogen and oxygen atoms in total. The number of aromatic nitrogens is 2. The van der Waals surface area contributed by atoms with E-state index in [0.29, 0.717) is 28.0 Å². The summed E-state index contributed by atoms with van der Waals surface area (Å²) >= 11 is 0. The number of fused-ring (bicyclic) bond motifs is 1. The molecule has 124 valence electrons. The molecule has 24 heavy (non-hydrogen) atoms. The first kappa shape index (κ1) is 15.9. The van der Waals surface area contributed by atoms with E-state index in [1.54, 1.807) is 37.3 Å². The van der Waals surface area contributed by atoms with Gasteiger partial charge in [-0.05, 0) is 25.1 Å². The second kappa shape index (κ2) is 5.93. The minimum absolute atomic E-state index is 0.281. The normalized spacial score (nSPS) is 11.4. The van der Waals surface area contributed by atoms with Gasteiger partial charge in [0.2, 0.25) is 10.0 Å². The molecule has 0 fully saturated rings. The molecule has 2 N–H and O–H groups in total. The number of para-hydroxylation sites is 2. The SMILES string of the molecule is Cc1noc2ncc(C(=O)Nc3ccccc3NS(C)(=O)=O)cc12. The average Bonchev–Trinajstić information content (AvgIpc) is 2.89. The van der Waals surface area contributed by atoms with Crippen LogP contribution in [0.5, 0.6) is 0 Å². The Labute approximate surface area is 137 Å². The van der Waals surface area contributed by atoms with E-state index < -0.39 is 15.9 Å². The van der Waals surface area contributed by atoms with E-state index in [-0.39, 0.29) is 5.69 Å². The number of amides is 1. The van der Waals surface area contributed by atoms with Gasteiger partial charge >= 0.3 is 0 Å². The van der Waals surface area contributed by atoms with E-state index in [0.717, 1.165) is 6.26 Å². The average molecular weight is 346 g/mol. The van der Waals surface area contributed by atoms with E-state index >= 15 is 0 Å². The van der Waals surface area contributed by atoms with Crippen LogP contribution in [0.15, 0.2) is 41.1 Å². The van der Waals surface area contributed by atoms with Crippen LogP contribution in [0.25, 0.3) is 11.1 Å². The molecular formula is C15H14N4O4S. The maximum absolute atomic E-state index is 12.4. The first-order valence-electron chi connectivity index (χ1n) is 6.94. The quantitative estimate of drug-likeness (QED) is 0.748. The van der Waals surface area contributed by atoms with E-state index in [1.807, 2.05) is 0 Å². The van der Waals surface area contributed by atoms with Gasteiger partial charge in [0.25, 0.3) is 11.6 Å². The maximum atomic E-state index is 12.4. The zero-order valence-electron chi connectivity index (χ0n) is 12.9. The number of pyridine rings is 1. The molecule has 3 rings (SSSR count). The molecule has 0 aliphatic heterocycles. The lowest BCUT2D eigenvalue weighted by atomic mass is 10.2. The number of sulfonamides is 1. The highest BCUT2D eigenvalue weighted by Gasteiger charge is 2.14. The van der Waals surface area contributed by atoms with Gasteiger partial charge in [-0.25, -0.2) is 13.4 Å². The van der Waals surface area contributed by atoms with Crippen molar-refractivity contribution in [2.75, 3.05) is 16.3 Å². The number of rotatable bonds is 4. The minimum Gasteiger partial charge on any atom is -0.336 e. The molecule has 0 saturated carbocycles. The number of aryl methyl sites for hydroxylation is 1. The van der Waals surface area contributed by atoms with Gasteiger partial charge in [0.1, 0.15) is 0 Å². The Hall–Kier alpha value is -2.94. The molecule has 1 aromatic carbocycles. The summed E-state index contributed by atoms with van der Waals surface area (Å²) in [6.07, 6.45) is 2.41. The monoisotopic (exact) mass is 346 g/mol. The second-order valence-electron chi connectivity index (χ2n) is 5.22.